The summed E-state index contributed by atoms with van der Waals surface area (Å²) >= 11 is 0. The molecule has 2 rings (SSSR count). The lowest BCUT2D eigenvalue weighted by atomic mass is 9.80. The SMILES string of the molecule is Cc1ccc(C(NC=O)(C(=O)O)c2ccccc2)c(C)c1. The van der Waals surface area contributed by atoms with Crippen molar-refractivity contribution in [3.8, 4) is 0 Å². The number of hydrogen-bond donors (Lipinski definition) is 2. The Labute approximate surface area is 123 Å². The Morgan fingerprint density at radius 2 is 1.81 bits per heavy atom. The van der Waals surface area contributed by atoms with Crippen LogP contribution in [0.15, 0.2) is 48.5 Å². The molecule has 1 amide bonds. The minimum absolute atomic E-state index is 0.431. The van der Waals surface area contributed by atoms with Crippen LogP contribution in [-0.2, 0) is 15.1 Å². The van der Waals surface area contributed by atoms with Crippen molar-refractivity contribution in [2.45, 2.75) is 19.4 Å². The van der Waals surface area contributed by atoms with E-state index in [4.69, 9.17) is 0 Å². The topological polar surface area (TPSA) is 66.4 Å². The molecule has 0 saturated carbocycles. The van der Waals surface area contributed by atoms with E-state index in [0.29, 0.717) is 17.5 Å². The summed E-state index contributed by atoms with van der Waals surface area (Å²) < 4.78 is 0. The number of carbonyl (C=O) groups excluding carboxylic acids is 1. The second-order valence-electron chi connectivity index (χ2n) is 5.00. The van der Waals surface area contributed by atoms with Gasteiger partial charge in [-0.1, -0.05) is 54.1 Å². The van der Waals surface area contributed by atoms with Crippen LogP contribution in [-0.4, -0.2) is 17.5 Å². The van der Waals surface area contributed by atoms with Crippen LogP contribution in [0.25, 0.3) is 0 Å². The van der Waals surface area contributed by atoms with E-state index in [0.717, 1.165) is 11.1 Å². The molecule has 0 saturated heterocycles. The van der Waals surface area contributed by atoms with E-state index < -0.39 is 11.5 Å². The van der Waals surface area contributed by atoms with Crippen LogP contribution in [0, 0.1) is 13.8 Å². The van der Waals surface area contributed by atoms with Crippen molar-refractivity contribution in [2.75, 3.05) is 0 Å². The zero-order valence-corrected chi connectivity index (χ0v) is 12.0. The van der Waals surface area contributed by atoms with E-state index in [9.17, 15) is 14.7 Å². The normalized spacial score (nSPS) is 13.2. The summed E-state index contributed by atoms with van der Waals surface area (Å²) in [5.41, 5.74) is 1.33. The van der Waals surface area contributed by atoms with Crippen molar-refractivity contribution >= 4 is 12.4 Å². The summed E-state index contributed by atoms with van der Waals surface area (Å²) in [5, 5.41) is 12.3. The van der Waals surface area contributed by atoms with Crippen molar-refractivity contribution in [2.24, 2.45) is 0 Å². The highest BCUT2D eigenvalue weighted by Crippen LogP contribution is 2.32. The maximum absolute atomic E-state index is 12.0. The predicted molar refractivity (Wildman–Crippen MR) is 80.0 cm³/mol. The fourth-order valence-electron chi connectivity index (χ4n) is 2.63. The first-order valence-corrected chi connectivity index (χ1v) is 6.60. The van der Waals surface area contributed by atoms with Crippen molar-refractivity contribution in [3.05, 3.63) is 70.8 Å². The van der Waals surface area contributed by atoms with Crippen molar-refractivity contribution < 1.29 is 14.7 Å². The van der Waals surface area contributed by atoms with Gasteiger partial charge >= 0.3 is 5.97 Å². The molecule has 0 aromatic heterocycles. The van der Waals surface area contributed by atoms with E-state index in [2.05, 4.69) is 5.32 Å². The quantitative estimate of drug-likeness (QED) is 0.828. The van der Waals surface area contributed by atoms with Gasteiger partial charge in [-0.15, -0.1) is 0 Å². The third-order valence-electron chi connectivity index (χ3n) is 3.59. The lowest BCUT2D eigenvalue weighted by molar-refractivity contribution is -0.144. The van der Waals surface area contributed by atoms with E-state index in [1.165, 1.54) is 0 Å². The van der Waals surface area contributed by atoms with Crippen LogP contribution in [0.3, 0.4) is 0 Å². The molecule has 4 heteroatoms. The Hall–Kier alpha value is -2.62. The van der Waals surface area contributed by atoms with Crippen LogP contribution in [0.2, 0.25) is 0 Å². The zero-order chi connectivity index (χ0) is 15.5. The lowest BCUT2D eigenvalue weighted by Gasteiger charge is -2.31. The molecule has 0 bridgehead atoms. The fraction of sp³-hybridized carbons (Fsp3) is 0.176. The number of nitrogens with one attached hydrogen (secondary N) is 1. The summed E-state index contributed by atoms with van der Waals surface area (Å²) in [7, 11) is 0. The molecule has 0 spiro atoms. The summed E-state index contributed by atoms with van der Waals surface area (Å²) in [4.78, 5) is 23.1. The molecule has 0 aliphatic rings. The van der Waals surface area contributed by atoms with Gasteiger partial charge in [0.1, 0.15) is 0 Å². The van der Waals surface area contributed by atoms with Gasteiger partial charge in [-0.2, -0.15) is 0 Å². The number of carbonyl (C=O) groups is 2. The molecule has 4 nitrogen and oxygen atoms in total. The number of carboxylic acids is 1. The summed E-state index contributed by atoms with van der Waals surface area (Å²) in [6.07, 6.45) is 0.431. The summed E-state index contributed by atoms with van der Waals surface area (Å²) in [6, 6.07) is 14.2. The van der Waals surface area contributed by atoms with Crippen molar-refractivity contribution in [1.82, 2.24) is 5.32 Å². The molecular formula is C17H17NO3. The third-order valence-corrected chi connectivity index (χ3v) is 3.59. The van der Waals surface area contributed by atoms with Gasteiger partial charge in [-0.3, -0.25) is 4.79 Å². The molecule has 0 heterocycles. The maximum Gasteiger partial charge on any atom is 0.338 e. The Morgan fingerprint density at radius 1 is 1.14 bits per heavy atom. The average molecular weight is 283 g/mol. The number of aliphatic carboxylic acids is 1. The Bertz CT molecular complexity index is 667. The molecule has 0 fully saturated rings. The minimum Gasteiger partial charge on any atom is -0.479 e. The van der Waals surface area contributed by atoms with Crippen LogP contribution < -0.4 is 5.32 Å². The van der Waals surface area contributed by atoms with Crippen LogP contribution in [0.4, 0.5) is 0 Å². The summed E-state index contributed by atoms with van der Waals surface area (Å²) in [5.74, 6) is -1.12. The standard InChI is InChI=1S/C17H17NO3/c1-12-8-9-15(13(2)10-12)17(16(20)21,18-11-19)14-6-4-3-5-7-14/h3-11H,1-2H3,(H,18,19)(H,20,21). The molecule has 1 atom stereocenters. The Morgan fingerprint density at radius 3 is 2.33 bits per heavy atom. The number of benzene rings is 2. The van der Waals surface area contributed by atoms with E-state index in [1.54, 1.807) is 36.4 Å². The summed E-state index contributed by atoms with van der Waals surface area (Å²) in [6.45, 7) is 3.78. The monoisotopic (exact) mass is 283 g/mol. The zero-order valence-electron chi connectivity index (χ0n) is 12.0. The second-order valence-corrected chi connectivity index (χ2v) is 5.00. The van der Waals surface area contributed by atoms with E-state index in [-0.39, 0.29) is 0 Å². The van der Waals surface area contributed by atoms with Gasteiger partial charge in [0.25, 0.3) is 0 Å². The smallest absolute Gasteiger partial charge is 0.338 e. The fourth-order valence-corrected chi connectivity index (χ4v) is 2.63. The molecule has 0 aliphatic carbocycles. The van der Waals surface area contributed by atoms with Gasteiger partial charge in [-0.05, 0) is 30.5 Å². The molecule has 108 valence electrons. The van der Waals surface area contributed by atoms with Gasteiger partial charge in [0.2, 0.25) is 6.41 Å². The molecule has 0 aliphatic heterocycles. The number of rotatable bonds is 5. The highest BCUT2D eigenvalue weighted by molar-refractivity contribution is 5.88. The van der Waals surface area contributed by atoms with Gasteiger partial charge < -0.3 is 10.4 Å². The Balaban J connectivity index is 2.76. The highest BCUT2D eigenvalue weighted by atomic mass is 16.4. The van der Waals surface area contributed by atoms with E-state index >= 15 is 0 Å². The molecule has 1 unspecified atom stereocenters. The molecule has 2 aromatic carbocycles. The molecule has 21 heavy (non-hydrogen) atoms. The number of carboxylic acid groups (broad SMARTS) is 1. The molecule has 2 aromatic rings. The second kappa shape index (κ2) is 5.79. The van der Waals surface area contributed by atoms with Gasteiger partial charge in [0.05, 0.1) is 0 Å². The number of amides is 1. The van der Waals surface area contributed by atoms with Gasteiger partial charge in [0, 0.05) is 0 Å². The van der Waals surface area contributed by atoms with E-state index in [1.807, 2.05) is 26.0 Å². The molecule has 2 N–H and O–H groups in total. The van der Waals surface area contributed by atoms with Gasteiger partial charge in [-0.25, -0.2) is 4.79 Å². The van der Waals surface area contributed by atoms with Crippen LogP contribution in [0.5, 0.6) is 0 Å². The lowest BCUT2D eigenvalue weighted by Crippen LogP contribution is -2.50. The van der Waals surface area contributed by atoms with Crippen molar-refractivity contribution in [3.63, 3.8) is 0 Å². The number of hydrogen-bond acceptors (Lipinski definition) is 2. The van der Waals surface area contributed by atoms with Crippen LogP contribution in [0.1, 0.15) is 22.3 Å². The van der Waals surface area contributed by atoms with Crippen LogP contribution >= 0.6 is 0 Å². The maximum atomic E-state index is 12.0. The highest BCUT2D eigenvalue weighted by Gasteiger charge is 2.43. The third kappa shape index (κ3) is 2.52. The first kappa shape index (κ1) is 14.8. The first-order valence-electron chi connectivity index (χ1n) is 6.60. The Kier molecular flexibility index (Phi) is 4.08. The minimum atomic E-state index is -1.58. The largest absolute Gasteiger partial charge is 0.479 e. The number of aryl methyl sites for hydroxylation is 2. The average Bonchev–Trinajstić information content (AvgIpc) is 2.46. The van der Waals surface area contributed by atoms with Gasteiger partial charge in [0.15, 0.2) is 5.54 Å². The van der Waals surface area contributed by atoms with Crippen molar-refractivity contribution in [1.29, 1.82) is 0 Å². The first-order chi connectivity index (χ1) is 10.0. The molecule has 0 radical (unpaired) electrons. The predicted octanol–water partition coefficient (Wildman–Crippen LogP) is 2.38. The molecular weight excluding hydrogens is 266 g/mol.